The summed E-state index contributed by atoms with van der Waals surface area (Å²) in [4.78, 5) is 20.0. The van der Waals surface area contributed by atoms with Crippen molar-refractivity contribution >= 4 is 31.8 Å². The number of thiophene rings is 1. The number of H-pyrrole nitrogens is 1. The minimum Gasteiger partial charge on any atom is -0.506 e. The van der Waals surface area contributed by atoms with Crippen molar-refractivity contribution in [2.75, 3.05) is 0 Å². The lowest BCUT2D eigenvalue weighted by Gasteiger charge is -2.05. The molecule has 4 nitrogen and oxygen atoms in total. The number of hydrogen-bond donors (Lipinski definition) is 2. The summed E-state index contributed by atoms with van der Waals surface area (Å²) >= 11 is 1.45. The van der Waals surface area contributed by atoms with Crippen molar-refractivity contribution < 1.29 is 5.11 Å². The smallest absolute Gasteiger partial charge is 0.252 e. The number of nitrogens with zero attached hydrogens (tertiary/aromatic N) is 1. The number of aromatic nitrogens is 2. The van der Waals surface area contributed by atoms with Crippen molar-refractivity contribution in [3.8, 4) is 5.75 Å². The van der Waals surface area contributed by atoms with Gasteiger partial charge in [-0.3, -0.25) is 4.79 Å². The molecule has 0 fully saturated rings. The van der Waals surface area contributed by atoms with Gasteiger partial charge in [-0.25, -0.2) is 4.98 Å². The van der Waals surface area contributed by atoms with E-state index in [0.29, 0.717) is 4.70 Å². The molecule has 19 heavy (non-hydrogen) atoms. The third kappa shape index (κ3) is 1.39. The van der Waals surface area contributed by atoms with Crippen molar-refractivity contribution in [3.05, 3.63) is 33.2 Å². The zero-order chi connectivity index (χ0) is 13.1. The molecule has 0 saturated carbocycles. The van der Waals surface area contributed by atoms with Gasteiger partial charge in [-0.2, -0.15) is 0 Å². The Kier molecular flexibility index (Phi) is 2.07. The van der Waals surface area contributed by atoms with E-state index in [-0.39, 0.29) is 11.3 Å². The van der Waals surface area contributed by atoms with E-state index in [1.54, 1.807) is 0 Å². The van der Waals surface area contributed by atoms with Crippen LogP contribution < -0.4 is 5.56 Å². The maximum absolute atomic E-state index is 11.6. The maximum Gasteiger partial charge on any atom is 0.252 e. The van der Waals surface area contributed by atoms with Crippen LogP contribution in [0.5, 0.6) is 5.75 Å². The zero-order valence-electron chi connectivity index (χ0n) is 10.4. The van der Waals surface area contributed by atoms with E-state index in [1.165, 1.54) is 34.2 Å². The van der Waals surface area contributed by atoms with Gasteiger partial charge in [-0.15, -0.1) is 11.3 Å². The van der Waals surface area contributed by atoms with Crippen LogP contribution in [-0.4, -0.2) is 15.1 Å². The molecule has 1 aliphatic carbocycles. The second-order valence-corrected chi connectivity index (χ2v) is 6.02. The molecule has 0 spiro atoms. The topological polar surface area (TPSA) is 66.0 Å². The van der Waals surface area contributed by atoms with Crippen LogP contribution in [0.25, 0.3) is 20.4 Å². The molecule has 3 aromatic heterocycles. The number of pyridine rings is 2. The molecular weight excluding hydrogens is 260 g/mol. The van der Waals surface area contributed by atoms with Crippen molar-refractivity contribution in [2.45, 2.75) is 26.2 Å². The first-order valence-corrected chi connectivity index (χ1v) is 7.13. The van der Waals surface area contributed by atoms with E-state index in [0.717, 1.165) is 35.0 Å². The van der Waals surface area contributed by atoms with Gasteiger partial charge in [0, 0.05) is 17.1 Å². The summed E-state index contributed by atoms with van der Waals surface area (Å²) in [6, 6.07) is 1.22. The quantitative estimate of drug-likeness (QED) is 0.661. The zero-order valence-corrected chi connectivity index (χ0v) is 11.2. The fraction of sp³-hybridized carbons (Fsp3) is 0.286. The highest BCUT2D eigenvalue weighted by atomic mass is 32.1. The summed E-state index contributed by atoms with van der Waals surface area (Å²) in [5, 5.41) is 10.9. The fourth-order valence-corrected chi connectivity index (χ4v) is 4.15. The molecule has 0 aliphatic heterocycles. The molecule has 0 unspecified atom stereocenters. The third-order valence-electron chi connectivity index (χ3n) is 3.89. The number of aryl methyl sites for hydroxylation is 2. The minimum atomic E-state index is -0.274. The lowest BCUT2D eigenvalue weighted by atomic mass is 10.1. The van der Waals surface area contributed by atoms with E-state index in [9.17, 15) is 9.90 Å². The second kappa shape index (κ2) is 3.57. The average molecular weight is 272 g/mol. The van der Waals surface area contributed by atoms with Gasteiger partial charge in [0.15, 0.2) is 0 Å². The Hall–Kier alpha value is -1.88. The highest BCUT2D eigenvalue weighted by Crippen LogP contribution is 2.40. The summed E-state index contributed by atoms with van der Waals surface area (Å²) in [7, 11) is 0. The Balaban J connectivity index is 2.27. The van der Waals surface area contributed by atoms with E-state index in [4.69, 9.17) is 4.98 Å². The van der Waals surface area contributed by atoms with E-state index >= 15 is 0 Å². The van der Waals surface area contributed by atoms with Crippen LogP contribution in [0.4, 0.5) is 0 Å². The van der Waals surface area contributed by atoms with Gasteiger partial charge in [-0.05, 0) is 37.3 Å². The first-order valence-electron chi connectivity index (χ1n) is 6.32. The average Bonchev–Trinajstić information content (AvgIpc) is 2.94. The van der Waals surface area contributed by atoms with Gasteiger partial charge in [-0.1, -0.05) is 0 Å². The predicted octanol–water partition coefficient (Wildman–Crippen LogP) is 2.64. The second-order valence-electron chi connectivity index (χ2n) is 5.02. The number of aromatic amines is 1. The van der Waals surface area contributed by atoms with Crippen molar-refractivity contribution in [1.82, 2.24) is 9.97 Å². The Bertz CT molecular complexity index is 892. The number of rotatable bonds is 0. The van der Waals surface area contributed by atoms with E-state index in [1.807, 2.05) is 0 Å². The Morgan fingerprint density at radius 3 is 3.11 bits per heavy atom. The van der Waals surface area contributed by atoms with Crippen LogP contribution in [-0.2, 0) is 12.8 Å². The minimum absolute atomic E-state index is 0.0429. The molecule has 2 N–H and O–H groups in total. The van der Waals surface area contributed by atoms with Gasteiger partial charge in [0.25, 0.3) is 5.56 Å². The lowest BCUT2D eigenvalue weighted by Crippen LogP contribution is -2.02. The van der Waals surface area contributed by atoms with Crippen LogP contribution in [0.1, 0.15) is 23.2 Å². The van der Waals surface area contributed by atoms with Gasteiger partial charge in [0.05, 0.1) is 10.2 Å². The molecule has 0 amide bonds. The highest BCUT2D eigenvalue weighted by Gasteiger charge is 2.21. The van der Waals surface area contributed by atoms with Gasteiger partial charge in [0.2, 0.25) is 0 Å². The molecule has 5 heteroatoms. The van der Waals surface area contributed by atoms with Crippen LogP contribution in [0, 0.1) is 6.92 Å². The largest absolute Gasteiger partial charge is 0.506 e. The molecule has 0 atom stereocenters. The summed E-state index contributed by atoms with van der Waals surface area (Å²) in [6.45, 7) is 2.09. The first kappa shape index (κ1) is 11.0. The summed E-state index contributed by atoms with van der Waals surface area (Å²) in [5.41, 5.74) is 4.15. The Labute approximate surface area is 112 Å². The molecule has 0 bridgehead atoms. The first-order chi connectivity index (χ1) is 9.15. The molecule has 0 aromatic carbocycles. The van der Waals surface area contributed by atoms with Gasteiger partial charge >= 0.3 is 0 Å². The van der Waals surface area contributed by atoms with Crippen molar-refractivity contribution in [2.24, 2.45) is 0 Å². The van der Waals surface area contributed by atoms with E-state index in [2.05, 4.69) is 11.9 Å². The summed E-state index contributed by atoms with van der Waals surface area (Å²) in [6.07, 6.45) is 3.24. The van der Waals surface area contributed by atoms with Crippen LogP contribution >= 0.6 is 11.3 Å². The summed E-state index contributed by atoms with van der Waals surface area (Å²) in [5.74, 6) is 0.0429. The fourth-order valence-electron chi connectivity index (χ4n) is 3.02. The van der Waals surface area contributed by atoms with Crippen LogP contribution in [0.15, 0.2) is 10.9 Å². The Morgan fingerprint density at radius 1 is 1.42 bits per heavy atom. The van der Waals surface area contributed by atoms with Crippen LogP contribution in [0.2, 0.25) is 0 Å². The number of aromatic hydroxyl groups is 1. The van der Waals surface area contributed by atoms with E-state index < -0.39 is 0 Å². The third-order valence-corrected chi connectivity index (χ3v) is 5.00. The number of nitrogens with one attached hydrogen (secondary N) is 1. The molecular formula is C14H12N2O2S. The standard InChI is InChI=1S/C14H12N2O2S/c1-6-7-3-2-4-8(7)15-14-11(6)12-13(19-14)9(17)5-10(18)16-12/h5H,2-4H2,1H3,(H2,16,17,18). The van der Waals surface area contributed by atoms with Crippen molar-refractivity contribution in [3.63, 3.8) is 0 Å². The van der Waals surface area contributed by atoms with Crippen molar-refractivity contribution in [1.29, 1.82) is 0 Å². The highest BCUT2D eigenvalue weighted by molar-refractivity contribution is 7.25. The predicted molar refractivity (Wildman–Crippen MR) is 76.2 cm³/mol. The normalized spacial score (nSPS) is 14.4. The maximum atomic E-state index is 11.6. The molecule has 3 heterocycles. The monoisotopic (exact) mass is 272 g/mol. The molecule has 1 aliphatic rings. The lowest BCUT2D eigenvalue weighted by molar-refractivity contribution is 0.481. The molecule has 0 radical (unpaired) electrons. The van der Waals surface area contributed by atoms with Crippen LogP contribution in [0.3, 0.4) is 0 Å². The molecule has 96 valence electrons. The van der Waals surface area contributed by atoms with Gasteiger partial charge < -0.3 is 10.1 Å². The molecule has 0 saturated heterocycles. The Morgan fingerprint density at radius 2 is 2.26 bits per heavy atom. The SMILES string of the molecule is Cc1c2c(nc3sc4c(O)cc(=O)[nH]c4c13)CCC2. The number of fused-ring (bicyclic) bond motifs is 4. The summed E-state index contributed by atoms with van der Waals surface area (Å²) < 4.78 is 0.717. The van der Waals surface area contributed by atoms with Gasteiger partial charge in [0.1, 0.15) is 10.6 Å². The number of hydrogen-bond acceptors (Lipinski definition) is 4. The molecule has 4 rings (SSSR count). The molecule has 3 aromatic rings.